The highest BCUT2D eigenvalue weighted by atomic mass is 32.1. The van der Waals surface area contributed by atoms with Gasteiger partial charge >= 0.3 is 0 Å². The molecule has 0 amide bonds. The van der Waals surface area contributed by atoms with E-state index in [0.29, 0.717) is 22.3 Å². The molecule has 57 heavy (non-hydrogen) atoms. The summed E-state index contributed by atoms with van der Waals surface area (Å²) in [4.78, 5) is 59.1. The molecule has 0 unspecified atom stereocenters. The van der Waals surface area contributed by atoms with Crippen molar-refractivity contribution in [1.29, 1.82) is 0 Å². The van der Waals surface area contributed by atoms with E-state index < -0.39 is 5.60 Å². The smallest absolute Gasteiger partial charge is 0.197 e. The molecule has 3 heterocycles. The van der Waals surface area contributed by atoms with Gasteiger partial charge in [0.1, 0.15) is 11.4 Å². The summed E-state index contributed by atoms with van der Waals surface area (Å²) in [7, 11) is 0. The Hall–Kier alpha value is -6.28. The highest BCUT2D eigenvalue weighted by molar-refractivity contribution is 7.23. The van der Waals surface area contributed by atoms with E-state index in [1.54, 1.807) is 23.5 Å². The van der Waals surface area contributed by atoms with Gasteiger partial charge in [-0.2, -0.15) is 0 Å². The Morgan fingerprint density at radius 3 is 1.30 bits per heavy atom. The molecular formula is C50H30O5S2. The van der Waals surface area contributed by atoms with E-state index in [-0.39, 0.29) is 34.3 Å². The minimum Gasteiger partial charge on any atom is -0.481 e. The zero-order valence-electron chi connectivity index (χ0n) is 30.4. The first-order chi connectivity index (χ1) is 27.8. The fourth-order valence-corrected chi connectivity index (χ4v) is 11.9. The van der Waals surface area contributed by atoms with Crippen LogP contribution in [-0.4, -0.2) is 23.1 Å². The highest BCUT2D eigenvalue weighted by Gasteiger charge is 2.44. The van der Waals surface area contributed by atoms with E-state index in [2.05, 4.69) is 42.5 Å². The molecule has 12 rings (SSSR count). The van der Waals surface area contributed by atoms with Crippen molar-refractivity contribution in [3.63, 3.8) is 0 Å². The number of carbonyl (C=O) groups excluding carboxylic acids is 4. The average molecular weight is 775 g/mol. The number of allylic oxidation sites excluding steroid dienone is 2. The van der Waals surface area contributed by atoms with Crippen LogP contribution in [0.4, 0.5) is 0 Å². The SMILES string of the molecule is O=C1C(=Cc2cc3c(s2)-c2sc(C=C4C(=O)c5cc6cc7ccccc7cc6cc5C4=O)cc2C2(CCCCC2)O3)C(=O)c2cc3cc4ccccc4cc3cc21. The molecule has 1 saturated carbocycles. The summed E-state index contributed by atoms with van der Waals surface area (Å²) < 4.78 is 6.95. The van der Waals surface area contributed by atoms with Crippen LogP contribution in [0, 0.1) is 0 Å². The molecule has 0 radical (unpaired) electrons. The van der Waals surface area contributed by atoms with Crippen LogP contribution >= 0.6 is 22.7 Å². The Labute approximate surface area is 334 Å². The molecule has 8 aromatic rings. The van der Waals surface area contributed by atoms with Crippen molar-refractivity contribution in [3.05, 3.63) is 158 Å². The number of Topliss-reactive ketones (excluding diaryl/α,β-unsaturated/α-hetero) is 4. The molecule has 272 valence electrons. The maximum Gasteiger partial charge on any atom is 0.197 e. The molecule has 6 aromatic carbocycles. The number of ketones is 4. The van der Waals surface area contributed by atoms with Gasteiger partial charge in [0.25, 0.3) is 0 Å². The molecule has 3 aliphatic carbocycles. The van der Waals surface area contributed by atoms with Crippen molar-refractivity contribution in [2.45, 2.75) is 37.7 Å². The summed E-state index contributed by atoms with van der Waals surface area (Å²) in [5.74, 6) is -0.285. The van der Waals surface area contributed by atoms with Crippen LogP contribution in [0.25, 0.3) is 65.0 Å². The summed E-state index contributed by atoms with van der Waals surface area (Å²) in [6, 6.07) is 36.0. The van der Waals surface area contributed by atoms with Gasteiger partial charge in [0.05, 0.1) is 20.9 Å². The van der Waals surface area contributed by atoms with Gasteiger partial charge in [0, 0.05) is 37.6 Å². The van der Waals surface area contributed by atoms with E-state index in [0.717, 1.165) is 106 Å². The normalized spacial score (nSPS) is 16.8. The number of carbonyl (C=O) groups is 4. The third-order valence-corrected chi connectivity index (χ3v) is 14.7. The van der Waals surface area contributed by atoms with E-state index in [9.17, 15) is 19.2 Å². The van der Waals surface area contributed by atoms with E-state index in [4.69, 9.17) is 4.74 Å². The predicted molar refractivity (Wildman–Crippen MR) is 229 cm³/mol. The lowest BCUT2D eigenvalue weighted by Crippen LogP contribution is -2.37. The molecule has 1 fully saturated rings. The van der Waals surface area contributed by atoms with Gasteiger partial charge in [-0.15, -0.1) is 22.7 Å². The molecule has 0 bridgehead atoms. The van der Waals surface area contributed by atoms with Crippen molar-refractivity contribution in [2.75, 3.05) is 0 Å². The topological polar surface area (TPSA) is 77.5 Å². The fraction of sp³-hybridized carbons (Fsp3) is 0.120. The maximum absolute atomic E-state index is 13.9. The zero-order chi connectivity index (χ0) is 38.2. The molecule has 2 aromatic heterocycles. The maximum atomic E-state index is 13.9. The first-order valence-electron chi connectivity index (χ1n) is 19.3. The fourth-order valence-electron chi connectivity index (χ4n) is 9.51. The van der Waals surface area contributed by atoms with Crippen molar-refractivity contribution in [2.24, 2.45) is 0 Å². The van der Waals surface area contributed by atoms with Crippen LogP contribution in [0.2, 0.25) is 0 Å². The summed E-state index contributed by atoms with van der Waals surface area (Å²) in [5.41, 5.74) is 2.66. The van der Waals surface area contributed by atoms with Crippen LogP contribution in [-0.2, 0) is 5.60 Å². The quantitative estimate of drug-likeness (QED) is 0.0993. The van der Waals surface area contributed by atoms with Crippen molar-refractivity contribution in [3.8, 4) is 15.5 Å². The lowest BCUT2D eigenvalue weighted by Gasteiger charge is -2.40. The van der Waals surface area contributed by atoms with E-state index in [1.807, 2.05) is 66.7 Å². The number of rotatable bonds is 2. The van der Waals surface area contributed by atoms with Gasteiger partial charge < -0.3 is 4.74 Å². The minimum atomic E-state index is -0.523. The van der Waals surface area contributed by atoms with Crippen LogP contribution in [0.5, 0.6) is 5.75 Å². The predicted octanol–water partition coefficient (Wildman–Crippen LogP) is 12.6. The van der Waals surface area contributed by atoms with Gasteiger partial charge in [0.15, 0.2) is 23.1 Å². The Morgan fingerprint density at radius 2 is 0.860 bits per heavy atom. The molecule has 4 aliphatic rings. The van der Waals surface area contributed by atoms with Crippen LogP contribution in [0.15, 0.2) is 120 Å². The van der Waals surface area contributed by atoms with Crippen molar-refractivity contribution in [1.82, 2.24) is 0 Å². The Morgan fingerprint density at radius 1 is 0.456 bits per heavy atom. The van der Waals surface area contributed by atoms with Gasteiger partial charge in [0.2, 0.25) is 0 Å². The Balaban J connectivity index is 0.923. The highest BCUT2D eigenvalue weighted by Crippen LogP contribution is 2.57. The zero-order valence-corrected chi connectivity index (χ0v) is 32.1. The Bertz CT molecular complexity index is 3120. The van der Waals surface area contributed by atoms with Crippen molar-refractivity contribution < 1.29 is 23.9 Å². The molecule has 1 spiro atoms. The lowest BCUT2D eigenvalue weighted by molar-refractivity contribution is 0.0250. The molecule has 7 heteroatoms. The largest absolute Gasteiger partial charge is 0.481 e. The number of ether oxygens (including phenoxy) is 1. The Kier molecular flexibility index (Phi) is 6.85. The van der Waals surface area contributed by atoms with Gasteiger partial charge in [-0.05, 0) is 142 Å². The van der Waals surface area contributed by atoms with Gasteiger partial charge in [-0.25, -0.2) is 0 Å². The molecular weight excluding hydrogens is 745 g/mol. The second-order valence-corrected chi connectivity index (χ2v) is 17.9. The third-order valence-electron chi connectivity index (χ3n) is 12.3. The van der Waals surface area contributed by atoms with E-state index >= 15 is 0 Å². The number of hydrogen-bond donors (Lipinski definition) is 0. The molecule has 0 atom stereocenters. The van der Waals surface area contributed by atoms with E-state index in [1.165, 1.54) is 11.3 Å². The second kappa shape index (κ2) is 11.9. The van der Waals surface area contributed by atoms with Crippen molar-refractivity contribution >= 4 is 101 Å². The van der Waals surface area contributed by atoms with Gasteiger partial charge in [-0.1, -0.05) is 55.0 Å². The first-order valence-corrected chi connectivity index (χ1v) is 21.0. The molecule has 1 aliphatic heterocycles. The van der Waals surface area contributed by atoms with Gasteiger partial charge in [-0.3, -0.25) is 19.2 Å². The molecule has 5 nitrogen and oxygen atoms in total. The number of thiophene rings is 2. The van der Waals surface area contributed by atoms with Crippen LogP contribution < -0.4 is 4.74 Å². The second-order valence-electron chi connectivity index (χ2n) is 15.7. The third kappa shape index (κ3) is 4.85. The minimum absolute atomic E-state index is 0.159. The molecule has 0 saturated heterocycles. The summed E-state index contributed by atoms with van der Waals surface area (Å²) in [6.07, 6.45) is 8.40. The summed E-state index contributed by atoms with van der Waals surface area (Å²) >= 11 is 3.06. The monoisotopic (exact) mass is 774 g/mol. The first kappa shape index (κ1) is 32.9. The number of benzene rings is 6. The summed E-state index contributed by atoms with van der Waals surface area (Å²) in [6.45, 7) is 0. The average Bonchev–Trinajstić information content (AvgIpc) is 3.96. The van der Waals surface area contributed by atoms with Crippen LogP contribution in [0.3, 0.4) is 0 Å². The summed E-state index contributed by atoms with van der Waals surface area (Å²) in [5, 5.41) is 8.05. The van der Waals surface area contributed by atoms with Crippen LogP contribution in [0.1, 0.15) is 88.9 Å². The lowest BCUT2D eigenvalue weighted by atomic mass is 9.78. The molecule has 0 N–H and O–H groups in total. The number of hydrogen-bond acceptors (Lipinski definition) is 7. The number of fused-ring (bicyclic) bond motifs is 10. The standard InChI is InChI=1S/C50H30O5S2/c51-44-36-18-30-14-26-8-2-3-9-27(26)15-31(30)19-37(36)45(52)40(44)22-34-24-42-48(56-34)49-43(55-50(42)12-6-1-7-13-50)25-35(57-49)23-41-46(53)38-20-32-16-28-10-4-5-11-29(28)17-33(32)21-39(38)47(41)54/h2-5,8-11,14-25H,1,6-7,12-13H2.